The second-order valence-corrected chi connectivity index (χ2v) is 0.565. The summed E-state index contributed by atoms with van der Waals surface area (Å²) in [5, 5.41) is 27.9. The highest BCUT2D eigenvalue weighted by molar-refractivity contribution is 5.76. The molecule has 0 aromatic rings. The van der Waals surface area contributed by atoms with E-state index in [1.54, 1.807) is 0 Å². The first-order valence-corrected chi connectivity index (χ1v) is 1.30. The minimum Gasteiger partial charge on any atom is -0.450 e. The average Bonchev–Trinajstić information content (AvgIpc) is 1.25. The quantitative estimate of drug-likeness (QED) is 0.338. The number of hydrogen-bond donors (Lipinski definition) is 4. The third-order valence-electron chi connectivity index (χ3n) is 0. The van der Waals surface area contributed by atoms with Gasteiger partial charge in [-0.2, -0.15) is 0 Å². The van der Waals surface area contributed by atoms with E-state index in [1.165, 1.54) is 0 Å². The summed E-state index contributed by atoms with van der Waals surface area (Å²) in [6.45, 7) is 0. The molecule has 0 aliphatic heterocycles. The number of hydrogen-bond acceptors (Lipinski definition) is 2. The van der Waals surface area contributed by atoms with Gasteiger partial charge < -0.3 is 20.4 Å². The van der Waals surface area contributed by atoms with E-state index in [9.17, 15) is 0 Å². The van der Waals surface area contributed by atoms with Crippen LogP contribution < -0.4 is 0 Å². The van der Waals surface area contributed by atoms with Gasteiger partial charge in [-0.25, -0.2) is 9.59 Å². The van der Waals surface area contributed by atoms with Crippen LogP contribution in [0.2, 0.25) is 0 Å². The van der Waals surface area contributed by atoms with Gasteiger partial charge >= 0.3 is 58.4 Å². The molecule has 0 aromatic heterocycles. The molecule has 0 saturated heterocycles. The monoisotopic (exact) mass is 176 g/mol. The van der Waals surface area contributed by atoms with E-state index in [2.05, 4.69) is 0 Å². The van der Waals surface area contributed by atoms with Gasteiger partial charge in [0, 0.05) is 0 Å². The Balaban J connectivity index is -0.0000000300. The molecule has 4 N–H and O–H groups in total. The Morgan fingerprint density at radius 2 is 0.700 bits per heavy atom. The predicted molar refractivity (Wildman–Crippen MR) is 38.4 cm³/mol. The van der Waals surface area contributed by atoms with Gasteiger partial charge in [0.1, 0.15) is 0 Å². The zero-order valence-electron chi connectivity index (χ0n) is 3.61. The van der Waals surface area contributed by atoms with E-state index >= 15 is 0 Å². The molecule has 0 aliphatic carbocycles. The van der Waals surface area contributed by atoms with Gasteiger partial charge in [0.25, 0.3) is 0 Å². The molecular formula is C2H8Mg2O6. The fourth-order valence-electron chi connectivity index (χ4n) is 0. The molecule has 0 rings (SSSR count). The van der Waals surface area contributed by atoms with Crippen molar-refractivity contribution >= 4 is 58.4 Å². The molecule has 0 spiro atoms. The summed E-state index contributed by atoms with van der Waals surface area (Å²) >= 11 is 0. The molecule has 8 heteroatoms. The SMILES string of the molecule is O=C(O)O.O=C(O)O.[MgH2].[MgH2]. The van der Waals surface area contributed by atoms with Gasteiger partial charge in [-0.1, -0.05) is 0 Å². The van der Waals surface area contributed by atoms with Crippen LogP contribution >= 0.6 is 0 Å². The standard InChI is InChI=1S/2CH2O3.2Mg.4H/c2*2-1(3)4;;;;;;/h2*(H2,2,3,4);;;;;;. The Labute approximate surface area is 88.1 Å². The molecule has 0 fully saturated rings. The van der Waals surface area contributed by atoms with Gasteiger partial charge in [-0.15, -0.1) is 0 Å². The summed E-state index contributed by atoms with van der Waals surface area (Å²) in [6, 6.07) is 0. The number of rotatable bonds is 0. The second kappa shape index (κ2) is 16.0. The third kappa shape index (κ3) is 76900. The van der Waals surface area contributed by atoms with Gasteiger partial charge in [0.2, 0.25) is 0 Å². The molecule has 0 atom stereocenters. The molecule has 0 aromatic carbocycles. The molecule has 10 heavy (non-hydrogen) atoms. The summed E-state index contributed by atoms with van der Waals surface area (Å²) in [7, 11) is 0. The van der Waals surface area contributed by atoms with Crippen molar-refractivity contribution in [1.29, 1.82) is 0 Å². The first-order chi connectivity index (χ1) is 3.46. The molecule has 6 nitrogen and oxygen atoms in total. The minimum absolute atomic E-state index is 0. The second-order valence-electron chi connectivity index (χ2n) is 0.565. The number of carbonyl (C=O) groups is 2. The van der Waals surface area contributed by atoms with Crippen LogP contribution in [0, 0.1) is 0 Å². The lowest BCUT2D eigenvalue weighted by Crippen LogP contribution is -1.81. The summed E-state index contributed by atoms with van der Waals surface area (Å²) in [4.78, 5) is 17.1. The van der Waals surface area contributed by atoms with Crippen LogP contribution in [0.1, 0.15) is 0 Å². The zero-order valence-corrected chi connectivity index (χ0v) is 3.61. The van der Waals surface area contributed by atoms with Crippen LogP contribution in [0.15, 0.2) is 0 Å². The highest BCUT2D eigenvalue weighted by atomic mass is 24.3. The van der Waals surface area contributed by atoms with E-state index in [0.717, 1.165) is 0 Å². The van der Waals surface area contributed by atoms with Crippen LogP contribution in [-0.4, -0.2) is 78.8 Å². The Hall–Kier alpha value is 0.0725. The molecular weight excluding hydrogens is 169 g/mol. The van der Waals surface area contributed by atoms with Crippen LogP contribution in [-0.2, 0) is 0 Å². The predicted octanol–water partition coefficient (Wildman–Crippen LogP) is -1.39. The van der Waals surface area contributed by atoms with Gasteiger partial charge in [-0.05, 0) is 0 Å². The normalized spacial score (nSPS) is 4.80. The fourth-order valence-corrected chi connectivity index (χ4v) is 0. The first kappa shape index (κ1) is 22.5. The maximum Gasteiger partial charge on any atom is 0.503 e. The van der Waals surface area contributed by atoms with Crippen molar-refractivity contribution in [3.63, 3.8) is 0 Å². The van der Waals surface area contributed by atoms with Crippen molar-refractivity contribution in [2.75, 3.05) is 0 Å². The highest BCUT2D eigenvalue weighted by Crippen LogP contribution is 1.43. The van der Waals surface area contributed by atoms with E-state index in [1.807, 2.05) is 0 Å². The van der Waals surface area contributed by atoms with Crippen LogP contribution in [0.25, 0.3) is 0 Å². The Morgan fingerprint density at radius 3 is 0.700 bits per heavy atom. The molecule has 0 amide bonds. The van der Waals surface area contributed by atoms with E-state index in [-0.39, 0.29) is 46.1 Å². The van der Waals surface area contributed by atoms with Crippen molar-refractivity contribution in [1.82, 2.24) is 0 Å². The zero-order chi connectivity index (χ0) is 7.15. The summed E-state index contributed by atoms with van der Waals surface area (Å²) in [5.41, 5.74) is 0. The lowest BCUT2D eigenvalue weighted by Gasteiger charge is -1.60. The Kier molecular flexibility index (Phi) is 36.0. The molecule has 0 aliphatic rings. The highest BCUT2D eigenvalue weighted by Gasteiger charge is 1.70. The minimum atomic E-state index is -1.83. The topological polar surface area (TPSA) is 115 Å². The molecule has 0 heterocycles. The number of carboxylic acid groups (broad SMARTS) is 4. The van der Waals surface area contributed by atoms with Crippen LogP contribution in [0.3, 0.4) is 0 Å². The van der Waals surface area contributed by atoms with E-state index in [4.69, 9.17) is 30.0 Å². The smallest absolute Gasteiger partial charge is 0.450 e. The Bertz CT molecular complexity index is 71.7. The molecule has 0 unspecified atom stereocenters. The average molecular weight is 177 g/mol. The third-order valence-corrected chi connectivity index (χ3v) is 0. The molecule has 56 valence electrons. The Morgan fingerprint density at radius 1 is 0.700 bits per heavy atom. The van der Waals surface area contributed by atoms with E-state index in [0.29, 0.717) is 0 Å². The fraction of sp³-hybridized carbons (Fsp3) is 0. The lowest BCUT2D eigenvalue weighted by molar-refractivity contribution is 0.135. The lowest BCUT2D eigenvalue weighted by atomic mass is 11.5. The largest absolute Gasteiger partial charge is 0.503 e. The van der Waals surface area contributed by atoms with Crippen molar-refractivity contribution in [2.24, 2.45) is 0 Å². The van der Waals surface area contributed by atoms with Crippen molar-refractivity contribution < 1.29 is 30.0 Å². The van der Waals surface area contributed by atoms with E-state index < -0.39 is 12.3 Å². The van der Waals surface area contributed by atoms with Crippen molar-refractivity contribution in [2.45, 2.75) is 0 Å². The molecule has 0 saturated carbocycles. The maximum absolute atomic E-state index is 8.56. The molecule has 0 radical (unpaired) electrons. The van der Waals surface area contributed by atoms with Crippen molar-refractivity contribution in [3.8, 4) is 0 Å². The van der Waals surface area contributed by atoms with Gasteiger partial charge in [0.05, 0.1) is 0 Å². The summed E-state index contributed by atoms with van der Waals surface area (Å²) < 4.78 is 0. The van der Waals surface area contributed by atoms with Crippen LogP contribution in [0.4, 0.5) is 9.59 Å². The van der Waals surface area contributed by atoms with Crippen molar-refractivity contribution in [3.05, 3.63) is 0 Å². The maximum atomic E-state index is 8.56. The van der Waals surface area contributed by atoms with Gasteiger partial charge in [0.15, 0.2) is 0 Å². The first-order valence-electron chi connectivity index (χ1n) is 1.30. The molecule has 0 bridgehead atoms. The van der Waals surface area contributed by atoms with Crippen LogP contribution in [0.5, 0.6) is 0 Å². The summed E-state index contributed by atoms with van der Waals surface area (Å²) in [5.74, 6) is 0. The van der Waals surface area contributed by atoms with Gasteiger partial charge in [-0.3, -0.25) is 0 Å². The summed E-state index contributed by atoms with van der Waals surface area (Å²) in [6.07, 6.45) is -3.67.